The number of hydrogen-bond donors (Lipinski definition) is 0. The van der Waals surface area contributed by atoms with Gasteiger partial charge in [0, 0.05) is 0 Å². The van der Waals surface area contributed by atoms with Crippen molar-refractivity contribution < 1.29 is 62.2 Å². The molecule has 21 heavy (non-hydrogen) atoms. The Kier molecular flexibility index (Phi) is 4.63. The van der Waals surface area contributed by atoms with Crippen LogP contribution in [0.4, 0.5) is 57.1 Å². The Bertz CT molecular complexity index is 426. The first-order valence-corrected chi connectivity index (χ1v) is 4.16. The molecule has 0 bridgehead atoms. The second-order valence-corrected chi connectivity index (χ2v) is 3.39. The Balaban J connectivity index is 6.20. The Labute approximate surface area is 105 Å². The van der Waals surface area contributed by atoms with E-state index in [1.807, 2.05) is 0 Å². The molecule has 125 valence electrons. The molecular weight excluding hydrogens is 347 g/mol. The van der Waals surface area contributed by atoms with E-state index in [1.54, 1.807) is 0 Å². The predicted molar refractivity (Wildman–Crippen MR) is 35.8 cm³/mol. The molecule has 0 N–H and O–H groups in total. The minimum atomic E-state index is -7.86. The molecule has 0 aromatic carbocycles. The van der Waals surface area contributed by atoms with Crippen molar-refractivity contribution in [3.05, 3.63) is 11.9 Å². The van der Waals surface area contributed by atoms with Crippen LogP contribution >= 0.6 is 0 Å². The van der Waals surface area contributed by atoms with Crippen molar-refractivity contribution in [2.24, 2.45) is 0 Å². The largest absolute Gasteiger partial charge is 0.452 e. The molecule has 0 aromatic heterocycles. The molecule has 1 radical (unpaired) electrons. The van der Waals surface area contributed by atoms with Crippen molar-refractivity contribution in [1.29, 1.82) is 0 Å². The predicted octanol–water partition coefficient (Wildman–Crippen LogP) is 4.63. The third kappa shape index (κ3) is 2.64. The van der Waals surface area contributed by atoms with E-state index in [2.05, 4.69) is 0 Å². The van der Waals surface area contributed by atoms with E-state index in [9.17, 15) is 62.2 Å². The fourth-order valence-corrected chi connectivity index (χ4v) is 0.834. The summed E-state index contributed by atoms with van der Waals surface area (Å²) in [6.07, 6.45) is -11.5. The maximum absolute atomic E-state index is 12.6. The average Bonchev–Trinajstić information content (AvgIpc) is 2.25. The van der Waals surface area contributed by atoms with Gasteiger partial charge >= 0.3 is 35.9 Å². The fourth-order valence-electron chi connectivity index (χ4n) is 0.834. The lowest BCUT2D eigenvalue weighted by molar-refractivity contribution is -0.447. The van der Waals surface area contributed by atoms with Crippen LogP contribution in [-0.4, -0.2) is 29.8 Å². The summed E-state index contributed by atoms with van der Waals surface area (Å²) in [5.74, 6) is -35.1. The number of hydrogen-bond acceptors (Lipinski definition) is 0. The van der Waals surface area contributed by atoms with Gasteiger partial charge in [-0.1, -0.05) is 0 Å². The average molecular weight is 347 g/mol. The van der Waals surface area contributed by atoms with Crippen molar-refractivity contribution in [2.45, 2.75) is 29.8 Å². The van der Waals surface area contributed by atoms with E-state index in [4.69, 9.17) is 0 Å². The Morgan fingerprint density at radius 3 is 1.14 bits per heavy atom. The summed E-state index contributed by atoms with van der Waals surface area (Å²) in [7, 11) is 0. The number of halogens is 13. The molecule has 0 amide bonds. The van der Waals surface area contributed by atoms with Gasteiger partial charge in [0.15, 0.2) is 0 Å². The zero-order chi connectivity index (χ0) is 17.7. The van der Waals surface area contributed by atoms with E-state index < -0.39 is 41.7 Å². The molecular formula is C7F13O. The SMILES string of the molecule is [O]C(F)(F)C(F)(F)C(F)(F)C(F)(F)C(F)(F)C(F)=C(F)F. The van der Waals surface area contributed by atoms with Gasteiger partial charge in [-0.2, -0.15) is 62.2 Å². The minimum Gasteiger partial charge on any atom is -0.199 e. The molecule has 0 aliphatic rings. The molecule has 14 heteroatoms. The maximum atomic E-state index is 12.6. The van der Waals surface area contributed by atoms with Crippen LogP contribution in [0.5, 0.6) is 0 Å². The molecule has 0 aliphatic carbocycles. The zero-order valence-corrected chi connectivity index (χ0v) is 8.82. The second kappa shape index (κ2) is 4.91. The molecule has 0 aromatic rings. The Hall–Kier alpha value is -1.21. The lowest BCUT2D eigenvalue weighted by Gasteiger charge is -2.36. The standard InChI is InChI=1S/C7F13O/c8-1(2(9)10)3(11,12)4(13,14)5(15,16)6(17,18)7(19,20)21. The van der Waals surface area contributed by atoms with Crippen LogP contribution in [0.1, 0.15) is 0 Å². The summed E-state index contributed by atoms with van der Waals surface area (Å²) in [4.78, 5) is 0. The van der Waals surface area contributed by atoms with E-state index in [0.29, 0.717) is 0 Å². The lowest BCUT2D eigenvalue weighted by Crippen LogP contribution is -2.67. The van der Waals surface area contributed by atoms with E-state index in [1.165, 1.54) is 0 Å². The van der Waals surface area contributed by atoms with Crippen LogP contribution in [0.3, 0.4) is 0 Å². The van der Waals surface area contributed by atoms with Crippen LogP contribution in [0.25, 0.3) is 0 Å². The molecule has 0 aliphatic heterocycles. The molecule has 0 spiro atoms. The third-order valence-corrected chi connectivity index (χ3v) is 1.99. The topological polar surface area (TPSA) is 19.9 Å². The van der Waals surface area contributed by atoms with E-state index in [0.717, 1.165) is 0 Å². The van der Waals surface area contributed by atoms with Gasteiger partial charge in [0.2, 0.25) is 5.83 Å². The Morgan fingerprint density at radius 2 is 0.905 bits per heavy atom. The molecule has 0 unspecified atom stereocenters. The summed E-state index contributed by atoms with van der Waals surface area (Å²) in [5.41, 5.74) is 0. The molecule has 0 atom stereocenters. The van der Waals surface area contributed by atoms with Gasteiger partial charge < -0.3 is 0 Å². The van der Waals surface area contributed by atoms with Gasteiger partial charge in [-0.25, -0.2) is 0 Å². The summed E-state index contributed by atoms with van der Waals surface area (Å²) < 4.78 is 158. The molecule has 0 heterocycles. The normalized spacial score (nSPS) is 15.1. The van der Waals surface area contributed by atoms with Gasteiger partial charge in [-0.3, -0.25) is 0 Å². The van der Waals surface area contributed by atoms with Crippen molar-refractivity contribution in [3.8, 4) is 0 Å². The Morgan fingerprint density at radius 1 is 0.571 bits per heavy atom. The van der Waals surface area contributed by atoms with Gasteiger partial charge in [-0.15, -0.1) is 0 Å². The highest BCUT2D eigenvalue weighted by Crippen LogP contribution is 2.58. The summed E-state index contributed by atoms with van der Waals surface area (Å²) in [6, 6.07) is 0. The third-order valence-electron chi connectivity index (χ3n) is 1.99. The second-order valence-electron chi connectivity index (χ2n) is 3.39. The summed E-state index contributed by atoms with van der Waals surface area (Å²) in [6.45, 7) is 0. The first-order valence-electron chi connectivity index (χ1n) is 4.16. The molecule has 0 saturated carbocycles. The minimum absolute atomic E-state index is 4.28. The van der Waals surface area contributed by atoms with Crippen LogP contribution in [0, 0.1) is 0 Å². The van der Waals surface area contributed by atoms with Crippen molar-refractivity contribution in [1.82, 2.24) is 0 Å². The van der Waals surface area contributed by atoms with Crippen LogP contribution < -0.4 is 0 Å². The maximum Gasteiger partial charge on any atom is 0.452 e. The van der Waals surface area contributed by atoms with Gasteiger partial charge in [0.05, 0.1) is 0 Å². The van der Waals surface area contributed by atoms with E-state index in [-0.39, 0.29) is 0 Å². The molecule has 0 saturated heterocycles. The number of alkyl halides is 10. The fraction of sp³-hybridized carbons (Fsp3) is 0.714. The number of allylic oxidation sites excluding steroid dienone is 1. The van der Waals surface area contributed by atoms with Crippen molar-refractivity contribution in [3.63, 3.8) is 0 Å². The van der Waals surface area contributed by atoms with Gasteiger partial charge in [0.25, 0.3) is 0 Å². The highest BCUT2D eigenvalue weighted by atomic mass is 19.4. The van der Waals surface area contributed by atoms with E-state index >= 15 is 0 Å². The van der Waals surface area contributed by atoms with Crippen LogP contribution in [-0.2, 0) is 5.11 Å². The first-order chi connectivity index (χ1) is 8.85. The summed E-state index contributed by atoms with van der Waals surface area (Å²) >= 11 is 0. The lowest BCUT2D eigenvalue weighted by atomic mass is 9.97. The van der Waals surface area contributed by atoms with Gasteiger partial charge in [-0.05, 0) is 0 Å². The number of rotatable bonds is 5. The van der Waals surface area contributed by atoms with Crippen LogP contribution in [0.2, 0.25) is 0 Å². The zero-order valence-electron chi connectivity index (χ0n) is 8.82. The van der Waals surface area contributed by atoms with Crippen molar-refractivity contribution in [2.75, 3.05) is 0 Å². The molecule has 1 nitrogen and oxygen atoms in total. The molecule has 0 rings (SSSR count). The molecule has 0 fully saturated rings. The quantitative estimate of drug-likeness (QED) is 0.647. The monoisotopic (exact) mass is 347 g/mol. The van der Waals surface area contributed by atoms with Gasteiger partial charge in [0.1, 0.15) is 0 Å². The highest BCUT2D eigenvalue weighted by molar-refractivity contribution is 5.17. The highest BCUT2D eigenvalue weighted by Gasteiger charge is 2.88. The van der Waals surface area contributed by atoms with Crippen molar-refractivity contribution >= 4 is 0 Å². The smallest absolute Gasteiger partial charge is 0.199 e. The first kappa shape index (κ1) is 19.8. The van der Waals surface area contributed by atoms with Crippen LogP contribution in [0.15, 0.2) is 11.9 Å². The summed E-state index contributed by atoms with van der Waals surface area (Å²) in [5, 5.41) is 9.45.